The van der Waals surface area contributed by atoms with Crippen LogP contribution < -0.4 is 0 Å². The Hall–Kier alpha value is -1.56. The average molecular weight is 382 g/mol. The van der Waals surface area contributed by atoms with Gasteiger partial charge in [0.2, 0.25) is 0 Å². The molecule has 4 nitrogen and oxygen atoms in total. The second kappa shape index (κ2) is 9.95. The number of ether oxygens (including phenoxy) is 1. The lowest BCUT2D eigenvalue weighted by Crippen LogP contribution is -2.46. The maximum atomic E-state index is 14.1. The number of halogens is 1. The summed E-state index contributed by atoms with van der Waals surface area (Å²) in [5.74, 6) is -0.663. The summed E-state index contributed by atoms with van der Waals surface area (Å²) in [6.45, 7) is 6.37. The zero-order chi connectivity index (χ0) is 19.1. The molecule has 2 atom stereocenters. The Morgan fingerprint density at radius 2 is 2.04 bits per heavy atom. The number of hydrogen-bond donors (Lipinski definition) is 0. The summed E-state index contributed by atoms with van der Waals surface area (Å²) >= 11 is 1.58. The van der Waals surface area contributed by atoms with Crippen LogP contribution >= 0.6 is 11.8 Å². The molecule has 1 fully saturated rings. The predicted octanol–water partition coefficient (Wildman–Crippen LogP) is 4.49. The van der Waals surface area contributed by atoms with Gasteiger partial charge in [0.25, 0.3) is 5.91 Å². The summed E-state index contributed by atoms with van der Waals surface area (Å²) < 4.78 is 19.5. The second-order valence-electron chi connectivity index (χ2n) is 7.02. The number of hydrogen-bond acceptors (Lipinski definition) is 4. The maximum Gasteiger partial charge on any atom is 0.329 e. The van der Waals surface area contributed by atoms with Crippen molar-refractivity contribution >= 4 is 23.6 Å². The molecule has 1 amide bonds. The third-order valence-electron chi connectivity index (χ3n) is 4.32. The summed E-state index contributed by atoms with van der Waals surface area (Å²) in [5, 5.41) is -0.120. The molecule has 1 heterocycles. The van der Waals surface area contributed by atoms with Gasteiger partial charge in [-0.15, -0.1) is 11.8 Å². The van der Waals surface area contributed by atoms with Gasteiger partial charge in [0.1, 0.15) is 11.9 Å². The van der Waals surface area contributed by atoms with Gasteiger partial charge in [0.15, 0.2) is 0 Å². The highest BCUT2D eigenvalue weighted by atomic mass is 32.2. The number of amides is 1. The molecule has 2 unspecified atom stereocenters. The Kier molecular flexibility index (Phi) is 7.94. The van der Waals surface area contributed by atoms with Crippen LogP contribution in [-0.4, -0.2) is 40.6 Å². The third kappa shape index (κ3) is 5.22. The van der Waals surface area contributed by atoms with Gasteiger partial charge in [-0.2, -0.15) is 0 Å². The smallest absolute Gasteiger partial charge is 0.329 e. The van der Waals surface area contributed by atoms with Gasteiger partial charge in [-0.1, -0.05) is 52.2 Å². The van der Waals surface area contributed by atoms with Crippen molar-refractivity contribution in [3.05, 3.63) is 35.6 Å². The summed E-state index contributed by atoms with van der Waals surface area (Å²) in [4.78, 5) is 27.1. The SMILES string of the molecule is CCCCCC1SCC(C(=O)OCC(C)C)N1C(=O)c1ccccc1F. The first kappa shape index (κ1) is 20.7. The molecule has 1 aromatic rings. The highest BCUT2D eigenvalue weighted by Crippen LogP contribution is 2.35. The van der Waals surface area contributed by atoms with Gasteiger partial charge >= 0.3 is 5.97 Å². The van der Waals surface area contributed by atoms with Crippen LogP contribution in [0.4, 0.5) is 4.39 Å². The van der Waals surface area contributed by atoms with E-state index in [1.165, 1.54) is 12.1 Å². The van der Waals surface area contributed by atoms with Crippen LogP contribution in [0.5, 0.6) is 0 Å². The lowest BCUT2D eigenvalue weighted by Gasteiger charge is -2.28. The van der Waals surface area contributed by atoms with Crippen molar-refractivity contribution in [2.24, 2.45) is 5.92 Å². The molecule has 1 saturated heterocycles. The second-order valence-corrected chi connectivity index (χ2v) is 8.23. The summed E-state index contributed by atoms with van der Waals surface area (Å²) in [6, 6.07) is 5.28. The van der Waals surface area contributed by atoms with Gasteiger partial charge < -0.3 is 9.64 Å². The maximum absolute atomic E-state index is 14.1. The van der Waals surface area contributed by atoms with E-state index in [9.17, 15) is 14.0 Å². The topological polar surface area (TPSA) is 46.6 Å². The molecule has 2 rings (SSSR count). The van der Waals surface area contributed by atoms with E-state index in [0.717, 1.165) is 25.7 Å². The summed E-state index contributed by atoms with van der Waals surface area (Å²) in [6.07, 6.45) is 3.93. The highest BCUT2D eigenvalue weighted by molar-refractivity contribution is 8.00. The molecule has 6 heteroatoms. The van der Waals surface area contributed by atoms with Crippen molar-refractivity contribution in [2.75, 3.05) is 12.4 Å². The van der Waals surface area contributed by atoms with Crippen molar-refractivity contribution in [1.82, 2.24) is 4.90 Å². The normalized spacial score (nSPS) is 19.8. The van der Waals surface area contributed by atoms with Crippen LogP contribution in [0, 0.1) is 11.7 Å². The number of benzene rings is 1. The molecule has 26 heavy (non-hydrogen) atoms. The van der Waals surface area contributed by atoms with Crippen molar-refractivity contribution in [2.45, 2.75) is 57.9 Å². The van der Waals surface area contributed by atoms with E-state index in [4.69, 9.17) is 4.74 Å². The fourth-order valence-corrected chi connectivity index (χ4v) is 4.37. The first-order chi connectivity index (χ1) is 12.5. The standard InChI is InChI=1S/C20H28FNO3S/c1-4-5-6-11-18-22(19(23)15-9-7-8-10-16(15)21)17(13-26-18)20(24)25-12-14(2)3/h7-10,14,17-18H,4-6,11-13H2,1-3H3. The number of nitrogens with zero attached hydrogens (tertiary/aromatic N) is 1. The molecule has 0 radical (unpaired) electrons. The Morgan fingerprint density at radius 1 is 1.31 bits per heavy atom. The van der Waals surface area contributed by atoms with E-state index in [-0.39, 0.29) is 16.9 Å². The molecule has 0 bridgehead atoms. The molecule has 1 aliphatic rings. The first-order valence-electron chi connectivity index (χ1n) is 9.31. The van der Waals surface area contributed by atoms with Crippen molar-refractivity contribution in [1.29, 1.82) is 0 Å². The van der Waals surface area contributed by atoms with E-state index >= 15 is 0 Å². The third-order valence-corrected chi connectivity index (χ3v) is 5.67. The number of carbonyl (C=O) groups is 2. The average Bonchev–Trinajstić information content (AvgIpc) is 3.03. The van der Waals surface area contributed by atoms with E-state index in [1.54, 1.807) is 28.8 Å². The van der Waals surface area contributed by atoms with Crippen LogP contribution in [0.3, 0.4) is 0 Å². The molecule has 1 aliphatic heterocycles. The van der Waals surface area contributed by atoms with Gasteiger partial charge in [0.05, 0.1) is 17.5 Å². The predicted molar refractivity (Wildman–Crippen MR) is 103 cm³/mol. The van der Waals surface area contributed by atoms with Crippen molar-refractivity contribution in [3.8, 4) is 0 Å². The number of esters is 1. The first-order valence-corrected chi connectivity index (χ1v) is 10.4. The monoisotopic (exact) mass is 381 g/mol. The van der Waals surface area contributed by atoms with Crippen LogP contribution in [0.25, 0.3) is 0 Å². The number of rotatable bonds is 8. The fourth-order valence-electron chi connectivity index (χ4n) is 2.93. The van der Waals surface area contributed by atoms with Crippen molar-refractivity contribution in [3.63, 3.8) is 0 Å². The zero-order valence-corrected chi connectivity index (χ0v) is 16.6. The van der Waals surface area contributed by atoms with Gasteiger partial charge in [-0.25, -0.2) is 9.18 Å². The fraction of sp³-hybridized carbons (Fsp3) is 0.600. The minimum Gasteiger partial charge on any atom is -0.464 e. The molecular weight excluding hydrogens is 353 g/mol. The molecule has 0 aromatic heterocycles. The van der Waals surface area contributed by atoms with Gasteiger partial charge in [-0.3, -0.25) is 4.79 Å². The highest BCUT2D eigenvalue weighted by Gasteiger charge is 2.43. The van der Waals surface area contributed by atoms with E-state index in [0.29, 0.717) is 12.4 Å². The quantitative estimate of drug-likeness (QED) is 0.492. The lowest BCUT2D eigenvalue weighted by molar-refractivity contribution is -0.149. The van der Waals surface area contributed by atoms with E-state index < -0.39 is 23.7 Å². The van der Waals surface area contributed by atoms with Crippen LogP contribution in [0.2, 0.25) is 0 Å². The van der Waals surface area contributed by atoms with Crippen LogP contribution in [0.1, 0.15) is 56.8 Å². The van der Waals surface area contributed by atoms with Crippen LogP contribution in [0.15, 0.2) is 24.3 Å². The number of unbranched alkanes of at least 4 members (excludes halogenated alkanes) is 2. The molecule has 0 saturated carbocycles. The van der Waals surface area contributed by atoms with E-state index in [1.807, 2.05) is 13.8 Å². The number of carbonyl (C=O) groups excluding carboxylic acids is 2. The molecule has 0 spiro atoms. The molecular formula is C20H28FNO3S. The summed E-state index contributed by atoms with van der Waals surface area (Å²) in [7, 11) is 0. The largest absolute Gasteiger partial charge is 0.464 e. The molecule has 144 valence electrons. The lowest BCUT2D eigenvalue weighted by atomic mass is 10.1. The Balaban J connectivity index is 2.20. The van der Waals surface area contributed by atoms with E-state index in [2.05, 4.69) is 6.92 Å². The van der Waals surface area contributed by atoms with Gasteiger partial charge in [0, 0.05) is 5.75 Å². The number of thioether (sulfide) groups is 1. The molecule has 0 N–H and O–H groups in total. The molecule has 1 aromatic carbocycles. The minimum absolute atomic E-state index is 0.0113. The molecule has 0 aliphatic carbocycles. The minimum atomic E-state index is -0.655. The summed E-state index contributed by atoms with van der Waals surface area (Å²) in [5.41, 5.74) is 0.0113. The Morgan fingerprint density at radius 3 is 2.69 bits per heavy atom. The van der Waals surface area contributed by atoms with Crippen LogP contribution in [-0.2, 0) is 9.53 Å². The Bertz CT molecular complexity index is 623. The zero-order valence-electron chi connectivity index (χ0n) is 15.7. The Labute approximate surface area is 159 Å². The van der Waals surface area contributed by atoms with Crippen molar-refractivity contribution < 1.29 is 18.7 Å². The van der Waals surface area contributed by atoms with Gasteiger partial charge in [-0.05, 0) is 24.5 Å².